The third-order valence-electron chi connectivity index (χ3n) is 2.17. The number of carbonyl (C=O) groups is 1. The molecule has 0 saturated heterocycles. The smallest absolute Gasteiger partial charge is 0.307 e. The Morgan fingerprint density at radius 2 is 2.43 bits per heavy atom. The lowest BCUT2D eigenvalue weighted by Crippen LogP contribution is -2.17. The maximum absolute atomic E-state index is 12.8. The zero-order chi connectivity index (χ0) is 10.1. The van der Waals surface area contributed by atoms with Crippen molar-refractivity contribution in [3.8, 4) is 5.75 Å². The SMILES string of the molecule is O=C(O)CC1Cc2cc(F)ccc2O1. The molecule has 3 nitrogen and oxygen atoms in total. The van der Waals surface area contributed by atoms with E-state index >= 15 is 0 Å². The molecule has 1 unspecified atom stereocenters. The zero-order valence-corrected chi connectivity index (χ0v) is 7.37. The summed E-state index contributed by atoms with van der Waals surface area (Å²) in [6.45, 7) is 0. The number of carboxylic acid groups (broad SMARTS) is 1. The van der Waals surface area contributed by atoms with Gasteiger partial charge in [0.1, 0.15) is 17.7 Å². The van der Waals surface area contributed by atoms with E-state index in [0.717, 1.165) is 5.56 Å². The van der Waals surface area contributed by atoms with Gasteiger partial charge >= 0.3 is 5.97 Å². The van der Waals surface area contributed by atoms with E-state index in [2.05, 4.69) is 0 Å². The van der Waals surface area contributed by atoms with Crippen molar-refractivity contribution in [3.63, 3.8) is 0 Å². The molecule has 14 heavy (non-hydrogen) atoms. The Kier molecular flexibility index (Phi) is 2.11. The number of ether oxygens (including phenoxy) is 1. The summed E-state index contributed by atoms with van der Waals surface area (Å²) < 4.78 is 18.1. The number of carboxylic acids is 1. The predicted octanol–water partition coefficient (Wildman–Crippen LogP) is 1.60. The highest BCUT2D eigenvalue weighted by Crippen LogP contribution is 2.30. The normalized spacial score (nSPS) is 18.8. The molecule has 0 amide bonds. The Morgan fingerprint density at radius 3 is 3.14 bits per heavy atom. The van der Waals surface area contributed by atoms with E-state index in [0.29, 0.717) is 12.2 Å². The van der Waals surface area contributed by atoms with Gasteiger partial charge in [-0.25, -0.2) is 4.39 Å². The van der Waals surface area contributed by atoms with E-state index in [4.69, 9.17) is 9.84 Å². The van der Waals surface area contributed by atoms with Gasteiger partial charge in [0, 0.05) is 12.0 Å². The molecule has 1 N–H and O–H groups in total. The number of hydrogen-bond acceptors (Lipinski definition) is 2. The van der Waals surface area contributed by atoms with Crippen molar-refractivity contribution >= 4 is 5.97 Å². The molecule has 0 aliphatic carbocycles. The lowest BCUT2D eigenvalue weighted by Gasteiger charge is -2.06. The van der Waals surface area contributed by atoms with Crippen LogP contribution in [0, 0.1) is 5.82 Å². The second-order valence-corrected chi connectivity index (χ2v) is 3.29. The highest BCUT2D eigenvalue weighted by Gasteiger charge is 2.25. The molecule has 0 spiro atoms. The van der Waals surface area contributed by atoms with Crippen molar-refractivity contribution in [3.05, 3.63) is 29.6 Å². The van der Waals surface area contributed by atoms with Crippen LogP contribution < -0.4 is 4.74 Å². The maximum atomic E-state index is 12.8. The number of aliphatic carboxylic acids is 1. The summed E-state index contributed by atoms with van der Waals surface area (Å²) in [5.74, 6) is -0.621. The number of rotatable bonds is 2. The molecule has 1 aliphatic rings. The van der Waals surface area contributed by atoms with Crippen molar-refractivity contribution in [1.29, 1.82) is 0 Å². The lowest BCUT2D eigenvalue weighted by molar-refractivity contribution is -0.138. The van der Waals surface area contributed by atoms with Gasteiger partial charge in [-0.3, -0.25) is 4.79 Å². The number of halogens is 1. The van der Waals surface area contributed by atoms with Crippen molar-refractivity contribution in [2.45, 2.75) is 18.9 Å². The summed E-state index contributed by atoms with van der Waals surface area (Å²) in [6.07, 6.45) is 0.0692. The minimum atomic E-state index is -0.900. The summed E-state index contributed by atoms with van der Waals surface area (Å²) in [5, 5.41) is 8.55. The van der Waals surface area contributed by atoms with Gasteiger partial charge in [-0.05, 0) is 18.2 Å². The molecule has 1 heterocycles. The fraction of sp³-hybridized carbons (Fsp3) is 0.300. The van der Waals surface area contributed by atoms with Crippen LogP contribution in [0.1, 0.15) is 12.0 Å². The Hall–Kier alpha value is -1.58. The Bertz CT molecular complexity index is 376. The van der Waals surface area contributed by atoms with Gasteiger partial charge < -0.3 is 9.84 Å². The quantitative estimate of drug-likeness (QED) is 0.781. The van der Waals surface area contributed by atoms with E-state index in [1.54, 1.807) is 0 Å². The molecule has 0 radical (unpaired) electrons. The van der Waals surface area contributed by atoms with Gasteiger partial charge in [0.15, 0.2) is 0 Å². The number of benzene rings is 1. The van der Waals surface area contributed by atoms with E-state index < -0.39 is 5.97 Å². The second-order valence-electron chi connectivity index (χ2n) is 3.29. The molecule has 1 aromatic carbocycles. The molecule has 74 valence electrons. The van der Waals surface area contributed by atoms with Gasteiger partial charge in [0.05, 0.1) is 6.42 Å². The van der Waals surface area contributed by atoms with Crippen LogP contribution >= 0.6 is 0 Å². The average Bonchev–Trinajstić information content (AvgIpc) is 2.44. The van der Waals surface area contributed by atoms with E-state index in [1.807, 2.05) is 0 Å². The predicted molar refractivity (Wildman–Crippen MR) is 46.8 cm³/mol. The van der Waals surface area contributed by atoms with Crippen molar-refractivity contribution in [2.24, 2.45) is 0 Å². The van der Waals surface area contributed by atoms with Gasteiger partial charge in [0.2, 0.25) is 0 Å². The van der Waals surface area contributed by atoms with E-state index in [-0.39, 0.29) is 18.3 Å². The van der Waals surface area contributed by atoms with Crippen LogP contribution in [0.2, 0.25) is 0 Å². The first kappa shape index (κ1) is 8.99. The topological polar surface area (TPSA) is 46.5 Å². The number of hydrogen-bond donors (Lipinski definition) is 1. The van der Waals surface area contributed by atoms with Gasteiger partial charge in [-0.15, -0.1) is 0 Å². The molecule has 2 rings (SSSR count). The minimum Gasteiger partial charge on any atom is -0.489 e. The van der Waals surface area contributed by atoms with Gasteiger partial charge in [0.25, 0.3) is 0 Å². The Morgan fingerprint density at radius 1 is 1.64 bits per heavy atom. The largest absolute Gasteiger partial charge is 0.489 e. The fourth-order valence-electron chi connectivity index (χ4n) is 1.60. The molecular weight excluding hydrogens is 187 g/mol. The molecule has 1 aromatic rings. The first-order chi connectivity index (χ1) is 6.65. The van der Waals surface area contributed by atoms with Crippen LogP contribution in [0.15, 0.2) is 18.2 Å². The van der Waals surface area contributed by atoms with Gasteiger partial charge in [-0.2, -0.15) is 0 Å². The summed E-state index contributed by atoms with van der Waals surface area (Å²) >= 11 is 0. The second kappa shape index (κ2) is 3.29. The lowest BCUT2D eigenvalue weighted by atomic mass is 10.1. The van der Waals surface area contributed by atoms with Gasteiger partial charge in [-0.1, -0.05) is 0 Å². The molecule has 1 aliphatic heterocycles. The number of fused-ring (bicyclic) bond motifs is 1. The van der Waals surface area contributed by atoms with E-state index in [9.17, 15) is 9.18 Å². The molecule has 1 atom stereocenters. The molecule has 0 bridgehead atoms. The van der Waals surface area contributed by atoms with Crippen LogP contribution in [-0.4, -0.2) is 17.2 Å². The first-order valence-corrected chi connectivity index (χ1v) is 4.32. The average molecular weight is 196 g/mol. The standard InChI is InChI=1S/C10H9FO3/c11-7-1-2-9-6(3-7)4-8(14-9)5-10(12)13/h1-3,8H,4-5H2,(H,12,13). The maximum Gasteiger partial charge on any atom is 0.307 e. The van der Waals surface area contributed by atoms with Crippen LogP contribution in [-0.2, 0) is 11.2 Å². The molecule has 0 aromatic heterocycles. The van der Waals surface area contributed by atoms with Crippen molar-refractivity contribution < 1.29 is 19.0 Å². The highest BCUT2D eigenvalue weighted by atomic mass is 19.1. The molecule has 4 heteroatoms. The highest BCUT2D eigenvalue weighted by molar-refractivity contribution is 5.67. The first-order valence-electron chi connectivity index (χ1n) is 4.32. The molecular formula is C10H9FO3. The Labute approximate surface area is 80.1 Å². The Balaban J connectivity index is 2.14. The van der Waals surface area contributed by atoms with Crippen molar-refractivity contribution in [1.82, 2.24) is 0 Å². The third-order valence-corrected chi connectivity index (χ3v) is 2.17. The van der Waals surface area contributed by atoms with Crippen LogP contribution in [0.25, 0.3) is 0 Å². The monoisotopic (exact) mass is 196 g/mol. The molecule has 0 fully saturated rings. The van der Waals surface area contributed by atoms with E-state index in [1.165, 1.54) is 18.2 Å². The van der Waals surface area contributed by atoms with Crippen LogP contribution in [0.5, 0.6) is 5.75 Å². The van der Waals surface area contributed by atoms with Crippen LogP contribution in [0.3, 0.4) is 0 Å². The molecule has 0 saturated carbocycles. The summed E-state index contributed by atoms with van der Waals surface area (Å²) in [5.41, 5.74) is 0.747. The summed E-state index contributed by atoms with van der Waals surface area (Å²) in [7, 11) is 0. The van der Waals surface area contributed by atoms with Crippen molar-refractivity contribution in [2.75, 3.05) is 0 Å². The zero-order valence-electron chi connectivity index (χ0n) is 7.37. The summed E-state index contributed by atoms with van der Waals surface area (Å²) in [4.78, 5) is 10.4. The fourth-order valence-corrected chi connectivity index (χ4v) is 1.60. The third kappa shape index (κ3) is 1.69. The minimum absolute atomic E-state index is 0.0453. The van der Waals surface area contributed by atoms with Crippen LogP contribution in [0.4, 0.5) is 4.39 Å². The summed E-state index contributed by atoms with van der Waals surface area (Å²) in [6, 6.07) is 4.23.